The number of hydrogen-bond acceptors (Lipinski definition) is 5. The number of carbonyl (C=O) groups is 1. The van der Waals surface area contributed by atoms with Crippen molar-refractivity contribution in [1.82, 2.24) is 15.4 Å². The van der Waals surface area contributed by atoms with Crippen LogP contribution < -0.4 is 10.6 Å². The Balaban J connectivity index is 1.42. The highest BCUT2D eigenvalue weighted by molar-refractivity contribution is 5.88. The van der Waals surface area contributed by atoms with Gasteiger partial charge in [0.15, 0.2) is 5.82 Å². The highest BCUT2D eigenvalue weighted by atomic mass is 16.5. The summed E-state index contributed by atoms with van der Waals surface area (Å²) in [7, 11) is 0. The van der Waals surface area contributed by atoms with Crippen LogP contribution in [-0.2, 0) is 11.3 Å². The second-order valence-electron chi connectivity index (χ2n) is 5.87. The average molecular weight is 330 g/mol. The number of rotatable bonds is 5. The van der Waals surface area contributed by atoms with E-state index in [-0.39, 0.29) is 12.1 Å². The minimum Gasteiger partial charge on any atom is -0.374 e. The zero-order valence-electron chi connectivity index (χ0n) is 13.7. The van der Waals surface area contributed by atoms with Crippen LogP contribution in [0.15, 0.2) is 40.9 Å². The lowest BCUT2D eigenvalue weighted by Gasteiger charge is -2.33. The third kappa shape index (κ3) is 4.81. The van der Waals surface area contributed by atoms with E-state index < -0.39 is 0 Å². The van der Waals surface area contributed by atoms with Crippen LogP contribution in [0.1, 0.15) is 11.3 Å². The number of hydrogen-bond donors (Lipinski definition) is 2. The Morgan fingerprint density at radius 3 is 2.96 bits per heavy atom. The van der Waals surface area contributed by atoms with E-state index in [4.69, 9.17) is 9.26 Å². The van der Waals surface area contributed by atoms with E-state index >= 15 is 0 Å². The summed E-state index contributed by atoms with van der Waals surface area (Å²) in [5.41, 5.74) is 1.28. The van der Waals surface area contributed by atoms with Crippen molar-refractivity contribution in [1.29, 1.82) is 0 Å². The summed E-state index contributed by atoms with van der Waals surface area (Å²) in [6, 6.07) is 11.7. The molecule has 1 aliphatic heterocycles. The molecule has 0 aliphatic carbocycles. The second-order valence-corrected chi connectivity index (χ2v) is 5.87. The minimum atomic E-state index is -0.313. The number of aromatic nitrogens is 1. The van der Waals surface area contributed by atoms with Crippen LogP contribution >= 0.6 is 0 Å². The molecule has 7 nitrogen and oxygen atoms in total. The predicted molar refractivity (Wildman–Crippen MR) is 89.7 cm³/mol. The highest BCUT2D eigenvalue weighted by Crippen LogP contribution is 2.10. The number of nitrogens with one attached hydrogen (secondary N) is 2. The maximum absolute atomic E-state index is 11.9. The van der Waals surface area contributed by atoms with Gasteiger partial charge in [-0.3, -0.25) is 10.2 Å². The smallest absolute Gasteiger partial charge is 0.320 e. The Labute approximate surface area is 141 Å². The molecule has 24 heavy (non-hydrogen) atoms. The van der Waals surface area contributed by atoms with Crippen molar-refractivity contribution < 1.29 is 14.1 Å². The number of anilines is 1. The maximum atomic E-state index is 11.9. The number of ether oxygens (including phenoxy) is 1. The molecule has 0 saturated carbocycles. The molecule has 2 aromatic rings. The number of morpholine rings is 1. The molecule has 0 radical (unpaired) electrons. The summed E-state index contributed by atoms with van der Waals surface area (Å²) in [5, 5.41) is 9.16. The Hall–Kier alpha value is -2.38. The molecule has 1 aromatic carbocycles. The maximum Gasteiger partial charge on any atom is 0.320 e. The zero-order valence-corrected chi connectivity index (χ0v) is 13.7. The zero-order chi connectivity index (χ0) is 16.8. The lowest BCUT2D eigenvalue weighted by molar-refractivity contribution is -0.0285. The van der Waals surface area contributed by atoms with Gasteiger partial charge in [0.1, 0.15) is 5.76 Å². The first-order chi connectivity index (χ1) is 11.7. The number of aryl methyl sites for hydroxylation is 1. The van der Waals surface area contributed by atoms with Crippen LogP contribution in [-0.4, -0.2) is 48.4 Å². The Kier molecular flexibility index (Phi) is 5.45. The molecule has 3 rings (SSSR count). The van der Waals surface area contributed by atoms with Crippen molar-refractivity contribution >= 4 is 11.8 Å². The quantitative estimate of drug-likeness (QED) is 0.876. The molecule has 1 atom stereocenters. The summed E-state index contributed by atoms with van der Waals surface area (Å²) in [6.45, 7) is 5.48. The lowest BCUT2D eigenvalue weighted by atomic mass is 10.2. The number of nitrogens with zero attached hydrogens (tertiary/aromatic N) is 2. The largest absolute Gasteiger partial charge is 0.374 e. The first kappa shape index (κ1) is 16.5. The number of urea groups is 1. The monoisotopic (exact) mass is 330 g/mol. The third-order valence-electron chi connectivity index (χ3n) is 3.83. The molecule has 2 N–H and O–H groups in total. The molecular weight excluding hydrogens is 308 g/mol. The van der Waals surface area contributed by atoms with Gasteiger partial charge >= 0.3 is 6.03 Å². The van der Waals surface area contributed by atoms with Gasteiger partial charge in [0, 0.05) is 32.2 Å². The molecule has 2 heterocycles. The van der Waals surface area contributed by atoms with Gasteiger partial charge in [-0.15, -0.1) is 0 Å². The SMILES string of the molecule is Cc1cc(NC(=O)NC[C@H]2CN(Cc3ccccc3)CCO2)no1. The number of amides is 2. The second kappa shape index (κ2) is 7.94. The van der Waals surface area contributed by atoms with Crippen LogP contribution in [0.3, 0.4) is 0 Å². The fraction of sp³-hybridized carbons (Fsp3) is 0.412. The van der Waals surface area contributed by atoms with Crippen molar-refractivity contribution in [2.24, 2.45) is 0 Å². The standard InChI is InChI=1S/C17H22N4O3/c1-13-9-16(20-24-13)19-17(22)18-10-15-12-21(7-8-23-15)11-14-5-3-2-4-6-14/h2-6,9,15H,7-8,10-12H2,1H3,(H2,18,19,20,22)/t15-/m0/s1. The molecular formula is C17H22N4O3. The number of benzene rings is 1. The summed E-state index contributed by atoms with van der Waals surface area (Å²) in [5.74, 6) is 1.05. The van der Waals surface area contributed by atoms with E-state index in [1.165, 1.54) is 5.56 Å². The molecule has 0 spiro atoms. The van der Waals surface area contributed by atoms with E-state index in [9.17, 15) is 4.79 Å². The van der Waals surface area contributed by atoms with Gasteiger partial charge in [-0.2, -0.15) is 0 Å². The molecule has 7 heteroatoms. The highest BCUT2D eigenvalue weighted by Gasteiger charge is 2.21. The average Bonchev–Trinajstić information content (AvgIpc) is 2.99. The van der Waals surface area contributed by atoms with Crippen molar-refractivity contribution in [3.05, 3.63) is 47.7 Å². The Morgan fingerprint density at radius 1 is 1.38 bits per heavy atom. The lowest BCUT2D eigenvalue weighted by Crippen LogP contribution is -2.47. The summed E-state index contributed by atoms with van der Waals surface area (Å²) >= 11 is 0. The van der Waals surface area contributed by atoms with Gasteiger partial charge in [0.05, 0.1) is 12.7 Å². The minimum absolute atomic E-state index is 0.0211. The molecule has 0 bridgehead atoms. The molecule has 0 unspecified atom stereocenters. The molecule has 1 aromatic heterocycles. The van der Waals surface area contributed by atoms with Crippen molar-refractivity contribution in [2.45, 2.75) is 19.6 Å². The van der Waals surface area contributed by atoms with Crippen LogP contribution in [0.4, 0.5) is 10.6 Å². The van der Waals surface area contributed by atoms with E-state index in [0.29, 0.717) is 24.7 Å². The molecule has 1 fully saturated rings. The fourth-order valence-corrected chi connectivity index (χ4v) is 2.68. The molecule has 1 saturated heterocycles. The van der Waals surface area contributed by atoms with E-state index in [0.717, 1.165) is 19.6 Å². The Bertz CT molecular complexity index is 659. The molecule has 128 valence electrons. The predicted octanol–water partition coefficient (Wildman–Crippen LogP) is 2.01. The van der Waals surface area contributed by atoms with Crippen LogP contribution in [0, 0.1) is 6.92 Å². The van der Waals surface area contributed by atoms with Gasteiger partial charge in [0.25, 0.3) is 0 Å². The van der Waals surface area contributed by atoms with Crippen LogP contribution in [0.5, 0.6) is 0 Å². The van der Waals surface area contributed by atoms with Crippen molar-refractivity contribution in [2.75, 3.05) is 31.6 Å². The van der Waals surface area contributed by atoms with Crippen molar-refractivity contribution in [3.8, 4) is 0 Å². The Morgan fingerprint density at radius 2 is 2.21 bits per heavy atom. The summed E-state index contributed by atoms with van der Waals surface area (Å²) < 4.78 is 10.6. The fourth-order valence-electron chi connectivity index (χ4n) is 2.68. The normalized spacial score (nSPS) is 18.3. The summed E-state index contributed by atoms with van der Waals surface area (Å²) in [4.78, 5) is 14.2. The van der Waals surface area contributed by atoms with Gasteiger partial charge in [0.2, 0.25) is 0 Å². The first-order valence-corrected chi connectivity index (χ1v) is 8.05. The topological polar surface area (TPSA) is 79.6 Å². The third-order valence-corrected chi connectivity index (χ3v) is 3.83. The van der Waals surface area contributed by atoms with E-state index in [1.807, 2.05) is 18.2 Å². The van der Waals surface area contributed by atoms with Gasteiger partial charge in [-0.25, -0.2) is 4.79 Å². The van der Waals surface area contributed by atoms with Gasteiger partial charge in [-0.1, -0.05) is 35.5 Å². The molecule has 2 amide bonds. The van der Waals surface area contributed by atoms with Crippen molar-refractivity contribution in [3.63, 3.8) is 0 Å². The van der Waals surface area contributed by atoms with Gasteiger partial charge in [-0.05, 0) is 12.5 Å². The van der Waals surface area contributed by atoms with E-state index in [1.54, 1.807) is 13.0 Å². The van der Waals surface area contributed by atoms with Gasteiger partial charge < -0.3 is 14.6 Å². The van der Waals surface area contributed by atoms with E-state index in [2.05, 4.69) is 32.8 Å². The van der Waals surface area contributed by atoms with Crippen LogP contribution in [0.2, 0.25) is 0 Å². The van der Waals surface area contributed by atoms with Crippen LogP contribution in [0.25, 0.3) is 0 Å². The summed E-state index contributed by atoms with van der Waals surface area (Å²) in [6.07, 6.45) is -0.0211. The first-order valence-electron chi connectivity index (χ1n) is 8.05. The molecule has 1 aliphatic rings. The number of carbonyl (C=O) groups excluding carboxylic acids is 1.